The first kappa shape index (κ1) is 10.4. The SMILES string of the molecule is CC1(C)C(O)CC1NC1CCOCC1. The molecule has 3 heteroatoms. The monoisotopic (exact) mass is 199 g/mol. The number of ether oxygens (including phenoxy) is 1. The summed E-state index contributed by atoms with van der Waals surface area (Å²) in [6.07, 6.45) is 3.01. The van der Waals surface area contributed by atoms with Gasteiger partial charge in [0.05, 0.1) is 6.10 Å². The van der Waals surface area contributed by atoms with Gasteiger partial charge >= 0.3 is 0 Å². The Balaban J connectivity index is 1.80. The third-order valence-corrected chi connectivity index (χ3v) is 3.87. The highest BCUT2D eigenvalue weighted by Gasteiger charge is 2.47. The fourth-order valence-electron chi connectivity index (χ4n) is 2.33. The van der Waals surface area contributed by atoms with E-state index < -0.39 is 0 Å². The van der Waals surface area contributed by atoms with Crippen molar-refractivity contribution in [3.8, 4) is 0 Å². The molecule has 2 unspecified atom stereocenters. The van der Waals surface area contributed by atoms with E-state index in [1.54, 1.807) is 0 Å². The quantitative estimate of drug-likeness (QED) is 0.694. The van der Waals surface area contributed by atoms with Crippen molar-refractivity contribution in [2.45, 2.75) is 51.3 Å². The van der Waals surface area contributed by atoms with Crippen LogP contribution in [0.3, 0.4) is 0 Å². The van der Waals surface area contributed by atoms with Gasteiger partial charge in [-0.3, -0.25) is 0 Å². The van der Waals surface area contributed by atoms with Crippen LogP contribution < -0.4 is 5.32 Å². The van der Waals surface area contributed by atoms with Crippen molar-refractivity contribution >= 4 is 0 Å². The first-order valence-corrected chi connectivity index (χ1v) is 5.62. The fourth-order valence-corrected chi connectivity index (χ4v) is 2.33. The van der Waals surface area contributed by atoms with Gasteiger partial charge in [-0.25, -0.2) is 0 Å². The molecule has 0 aromatic carbocycles. The summed E-state index contributed by atoms with van der Waals surface area (Å²) in [4.78, 5) is 0. The van der Waals surface area contributed by atoms with Gasteiger partial charge in [0.25, 0.3) is 0 Å². The highest BCUT2D eigenvalue weighted by molar-refractivity contribution is 5.02. The van der Waals surface area contributed by atoms with Gasteiger partial charge in [0.15, 0.2) is 0 Å². The van der Waals surface area contributed by atoms with Crippen LogP contribution in [0.25, 0.3) is 0 Å². The maximum atomic E-state index is 9.61. The van der Waals surface area contributed by atoms with Crippen molar-refractivity contribution in [2.24, 2.45) is 5.41 Å². The van der Waals surface area contributed by atoms with Gasteiger partial charge in [-0.15, -0.1) is 0 Å². The van der Waals surface area contributed by atoms with Crippen LogP contribution in [0.5, 0.6) is 0 Å². The first-order chi connectivity index (χ1) is 6.60. The summed E-state index contributed by atoms with van der Waals surface area (Å²) in [5.74, 6) is 0. The lowest BCUT2D eigenvalue weighted by Crippen LogP contribution is -2.62. The number of nitrogens with one attached hydrogen (secondary N) is 1. The zero-order valence-electron chi connectivity index (χ0n) is 9.12. The molecule has 0 aromatic heterocycles. The van der Waals surface area contributed by atoms with E-state index in [-0.39, 0.29) is 11.5 Å². The molecule has 2 atom stereocenters. The lowest BCUT2D eigenvalue weighted by atomic mass is 9.64. The van der Waals surface area contributed by atoms with Crippen molar-refractivity contribution in [3.05, 3.63) is 0 Å². The molecule has 2 rings (SSSR count). The summed E-state index contributed by atoms with van der Waals surface area (Å²) >= 11 is 0. The Morgan fingerprint density at radius 1 is 1.29 bits per heavy atom. The zero-order chi connectivity index (χ0) is 10.2. The molecule has 3 nitrogen and oxygen atoms in total. The Kier molecular flexibility index (Phi) is 2.82. The molecule has 0 bridgehead atoms. The summed E-state index contributed by atoms with van der Waals surface area (Å²) in [7, 11) is 0. The second-order valence-corrected chi connectivity index (χ2v) is 5.18. The summed E-state index contributed by atoms with van der Waals surface area (Å²) < 4.78 is 5.32. The van der Waals surface area contributed by atoms with E-state index in [1.165, 1.54) is 0 Å². The van der Waals surface area contributed by atoms with Crippen molar-refractivity contribution in [2.75, 3.05) is 13.2 Å². The molecule has 0 aromatic rings. The van der Waals surface area contributed by atoms with Crippen LogP contribution >= 0.6 is 0 Å². The molecule has 0 spiro atoms. The van der Waals surface area contributed by atoms with E-state index in [9.17, 15) is 5.11 Å². The van der Waals surface area contributed by atoms with Crippen LogP contribution in [-0.4, -0.2) is 36.5 Å². The molecule has 1 aliphatic heterocycles. The molecular formula is C11H21NO2. The Morgan fingerprint density at radius 2 is 1.93 bits per heavy atom. The Labute approximate surface area is 85.8 Å². The van der Waals surface area contributed by atoms with Crippen molar-refractivity contribution in [3.63, 3.8) is 0 Å². The molecule has 1 saturated heterocycles. The minimum Gasteiger partial charge on any atom is -0.392 e. The topological polar surface area (TPSA) is 41.5 Å². The van der Waals surface area contributed by atoms with Gasteiger partial charge < -0.3 is 15.2 Å². The van der Waals surface area contributed by atoms with E-state index in [0.29, 0.717) is 12.1 Å². The van der Waals surface area contributed by atoms with E-state index in [4.69, 9.17) is 4.74 Å². The minimum atomic E-state index is -0.125. The third-order valence-electron chi connectivity index (χ3n) is 3.87. The molecule has 0 radical (unpaired) electrons. The second kappa shape index (κ2) is 3.80. The van der Waals surface area contributed by atoms with Gasteiger partial charge in [-0.1, -0.05) is 13.8 Å². The number of rotatable bonds is 2. The maximum Gasteiger partial charge on any atom is 0.0621 e. The smallest absolute Gasteiger partial charge is 0.0621 e. The molecule has 1 aliphatic carbocycles. The Bertz CT molecular complexity index is 199. The van der Waals surface area contributed by atoms with E-state index in [2.05, 4.69) is 19.2 Å². The van der Waals surface area contributed by atoms with Gasteiger partial charge in [-0.2, -0.15) is 0 Å². The molecule has 14 heavy (non-hydrogen) atoms. The van der Waals surface area contributed by atoms with Gasteiger partial charge in [-0.05, 0) is 19.3 Å². The van der Waals surface area contributed by atoms with E-state index in [1.807, 2.05) is 0 Å². The molecule has 82 valence electrons. The van der Waals surface area contributed by atoms with Crippen molar-refractivity contribution in [1.82, 2.24) is 5.32 Å². The summed E-state index contributed by atoms with van der Waals surface area (Å²) in [5.41, 5.74) is 0.0539. The molecule has 2 aliphatic rings. The number of aliphatic hydroxyl groups is 1. The van der Waals surface area contributed by atoms with Crippen LogP contribution in [-0.2, 0) is 4.74 Å². The average Bonchev–Trinajstić information content (AvgIpc) is 2.19. The average molecular weight is 199 g/mol. The summed E-state index contributed by atoms with van der Waals surface area (Å²) in [6.45, 7) is 6.04. The predicted octanol–water partition coefficient (Wildman–Crippen LogP) is 0.914. The summed E-state index contributed by atoms with van der Waals surface area (Å²) in [6, 6.07) is 1.08. The van der Waals surface area contributed by atoms with Crippen LogP contribution in [0.15, 0.2) is 0 Å². The number of hydrogen-bond donors (Lipinski definition) is 2. The molecule has 2 fully saturated rings. The predicted molar refractivity (Wildman–Crippen MR) is 55.2 cm³/mol. The highest BCUT2D eigenvalue weighted by Crippen LogP contribution is 2.40. The van der Waals surface area contributed by atoms with Gasteiger partial charge in [0.2, 0.25) is 0 Å². The molecule has 1 saturated carbocycles. The normalized spacial score (nSPS) is 37.9. The number of hydrogen-bond acceptors (Lipinski definition) is 3. The van der Waals surface area contributed by atoms with Gasteiger partial charge in [0.1, 0.15) is 0 Å². The van der Waals surface area contributed by atoms with E-state index in [0.717, 1.165) is 32.5 Å². The van der Waals surface area contributed by atoms with Crippen LogP contribution in [0, 0.1) is 5.41 Å². The van der Waals surface area contributed by atoms with Crippen LogP contribution in [0.2, 0.25) is 0 Å². The standard InChI is InChI=1S/C11H21NO2/c1-11(2)9(7-10(11)13)12-8-3-5-14-6-4-8/h8-10,12-13H,3-7H2,1-2H3. The largest absolute Gasteiger partial charge is 0.392 e. The van der Waals surface area contributed by atoms with Crippen LogP contribution in [0.1, 0.15) is 33.1 Å². The highest BCUT2D eigenvalue weighted by atomic mass is 16.5. The van der Waals surface area contributed by atoms with Crippen LogP contribution in [0.4, 0.5) is 0 Å². The zero-order valence-corrected chi connectivity index (χ0v) is 9.12. The molecule has 1 heterocycles. The lowest BCUT2D eigenvalue weighted by Gasteiger charge is -2.51. The Hall–Kier alpha value is -0.120. The van der Waals surface area contributed by atoms with E-state index >= 15 is 0 Å². The maximum absolute atomic E-state index is 9.61. The number of aliphatic hydroxyl groups excluding tert-OH is 1. The molecular weight excluding hydrogens is 178 g/mol. The van der Waals surface area contributed by atoms with Gasteiger partial charge in [0, 0.05) is 30.7 Å². The molecule has 0 amide bonds. The lowest BCUT2D eigenvalue weighted by molar-refractivity contribution is -0.0798. The van der Waals surface area contributed by atoms with Crippen molar-refractivity contribution in [1.29, 1.82) is 0 Å². The second-order valence-electron chi connectivity index (χ2n) is 5.18. The Morgan fingerprint density at radius 3 is 2.43 bits per heavy atom. The summed E-state index contributed by atoms with van der Waals surface area (Å²) in [5, 5.41) is 13.2. The fraction of sp³-hybridized carbons (Fsp3) is 1.00. The minimum absolute atomic E-state index is 0.0539. The van der Waals surface area contributed by atoms with Crippen molar-refractivity contribution < 1.29 is 9.84 Å². The molecule has 2 N–H and O–H groups in total. The first-order valence-electron chi connectivity index (χ1n) is 5.62. The third kappa shape index (κ3) is 1.81.